The number of hydrogen-bond donors (Lipinski definition) is 2. The summed E-state index contributed by atoms with van der Waals surface area (Å²) < 4.78 is 10.6. The third kappa shape index (κ3) is 5.78. The molecule has 0 unspecified atom stereocenters. The van der Waals surface area contributed by atoms with Gasteiger partial charge in [0.2, 0.25) is 11.7 Å². The van der Waals surface area contributed by atoms with Gasteiger partial charge in [-0.25, -0.2) is 4.98 Å². The molecule has 2 N–H and O–H groups in total. The Morgan fingerprint density at radius 1 is 1.21 bits per heavy atom. The zero-order chi connectivity index (χ0) is 19.9. The molecule has 2 amide bonds. The molecule has 2 atom stereocenters. The molecular formula is C20H32N4O4. The van der Waals surface area contributed by atoms with Gasteiger partial charge in [0.15, 0.2) is 6.39 Å². The molecule has 0 bridgehead atoms. The number of likely N-dealkylation sites (tertiary alicyclic amines) is 1. The summed E-state index contributed by atoms with van der Waals surface area (Å²) in [6.45, 7) is 7.84. The fourth-order valence-corrected chi connectivity index (χ4v) is 3.94. The lowest BCUT2D eigenvalue weighted by Crippen LogP contribution is -2.49. The van der Waals surface area contributed by atoms with Crippen LogP contribution in [0.3, 0.4) is 0 Å². The zero-order valence-corrected chi connectivity index (χ0v) is 16.9. The van der Waals surface area contributed by atoms with Gasteiger partial charge in [-0.2, -0.15) is 0 Å². The highest BCUT2D eigenvalue weighted by Crippen LogP contribution is 2.23. The van der Waals surface area contributed by atoms with E-state index in [9.17, 15) is 9.59 Å². The number of carbonyl (C=O) groups is 2. The maximum atomic E-state index is 12.7. The molecule has 0 aliphatic carbocycles. The van der Waals surface area contributed by atoms with Crippen molar-refractivity contribution in [3.63, 3.8) is 0 Å². The molecule has 2 aliphatic heterocycles. The van der Waals surface area contributed by atoms with E-state index in [2.05, 4.69) is 34.4 Å². The van der Waals surface area contributed by atoms with Crippen molar-refractivity contribution in [2.45, 2.75) is 51.6 Å². The first-order valence-corrected chi connectivity index (χ1v) is 10.3. The second kappa shape index (κ2) is 10.0. The molecular weight excluding hydrogens is 360 g/mol. The average Bonchev–Trinajstić information content (AvgIpc) is 3.15. The van der Waals surface area contributed by atoms with Crippen molar-refractivity contribution in [2.75, 3.05) is 32.8 Å². The lowest BCUT2D eigenvalue weighted by atomic mass is 10.00. The van der Waals surface area contributed by atoms with Gasteiger partial charge in [0, 0.05) is 44.9 Å². The molecule has 0 aromatic carbocycles. The SMILES string of the molecule is CC(C)CNC(=O)[C@@H]1CC[C@H](NC(=O)c2cnco2)CN(C2CCOCC2)C1. The Hall–Kier alpha value is -1.93. The van der Waals surface area contributed by atoms with E-state index in [-0.39, 0.29) is 29.5 Å². The maximum Gasteiger partial charge on any atom is 0.288 e. The van der Waals surface area contributed by atoms with E-state index < -0.39 is 0 Å². The normalized spacial score (nSPS) is 24.7. The van der Waals surface area contributed by atoms with Crippen LogP contribution in [0.25, 0.3) is 0 Å². The molecule has 1 aromatic rings. The van der Waals surface area contributed by atoms with Crippen molar-refractivity contribution in [2.24, 2.45) is 11.8 Å². The summed E-state index contributed by atoms with van der Waals surface area (Å²) in [7, 11) is 0. The quantitative estimate of drug-likeness (QED) is 0.760. The van der Waals surface area contributed by atoms with Crippen LogP contribution in [0.15, 0.2) is 17.0 Å². The molecule has 2 fully saturated rings. The number of oxazole rings is 1. The number of carbonyl (C=O) groups excluding carboxylic acids is 2. The molecule has 1 aromatic heterocycles. The Morgan fingerprint density at radius 2 is 2.00 bits per heavy atom. The minimum absolute atomic E-state index is 0.0247. The lowest BCUT2D eigenvalue weighted by molar-refractivity contribution is -0.126. The van der Waals surface area contributed by atoms with E-state index in [0.29, 0.717) is 18.5 Å². The monoisotopic (exact) mass is 392 g/mol. The summed E-state index contributed by atoms with van der Waals surface area (Å²) in [5.74, 6) is 0.447. The van der Waals surface area contributed by atoms with Gasteiger partial charge in [-0.05, 0) is 31.6 Å². The Balaban J connectivity index is 1.66. The molecule has 8 nitrogen and oxygen atoms in total. The van der Waals surface area contributed by atoms with E-state index in [4.69, 9.17) is 9.15 Å². The molecule has 3 rings (SSSR count). The van der Waals surface area contributed by atoms with Gasteiger partial charge in [-0.3, -0.25) is 14.5 Å². The topological polar surface area (TPSA) is 96.7 Å². The van der Waals surface area contributed by atoms with Gasteiger partial charge in [0.25, 0.3) is 5.91 Å². The summed E-state index contributed by atoms with van der Waals surface area (Å²) in [5, 5.41) is 6.14. The second-order valence-corrected chi connectivity index (χ2v) is 8.25. The number of aromatic nitrogens is 1. The Bertz CT molecular complexity index is 628. The van der Waals surface area contributed by atoms with Crippen LogP contribution < -0.4 is 10.6 Å². The average molecular weight is 393 g/mol. The van der Waals surface area contributed by atoms with Crippen molar-refractivity contribution in [1.29, 1.82) is 0 Å². The third-order valence-electron chi connectivity index (χ3n) is 5.53. The fraction of sp³-hybridized carbons (Fsp3) is 0.750. The summed E-state index contributed by atoms with van der Waals surface area (Å²) in [6, 6.07) is 0.361. The van der Waals surface area contributed by atoms with Crippen LogP contribution >= 0.6 is 0 Å². The highest BCUT2D eigenvalue weighted by molar-refractivity contribution is 5.91. The van der Waals surface area contributed by atoms with Crippen LogP contribution in [0.1, 0.15) is 50.1 Å². The van der Waals surface area contributed by atoms with E-state index in [1.807, 2.05) is 0 Å². The van der Waals surface area contributed by atoms with Gasteiger partial charge >= 0.3 is 0 Å². The predicted octanol–water partition coefficient (Wildman–Crippen LogP) is 1.44. The third-order valence-corrected chi connectivity index (χ3v) is 5.53. The Morgan fingerprint density at radius 3 is 2.68 bits per heavy atom. The number of ether oxygens (including phenoxy) is 1. The van der Waals surface area contributed by atoms with Gasteiger partial charge < -0.3 is 19.8 Å². The highest BCUT2D eigenvalue weighted by atomic mass is 16.5. The second-order valence-electron chi connectivity index (χ2n) is 8.25. The molecule has 2 saturated heterocycles. The summed E-state index contributed by atoms with van der Waals surface area (Å²) >= 11 is 0. The molecule has 156 valence electrons. The lowest BCUT2D eigenvalue weighted by Gasteiger charge is -2.36. The van der Waals surface area contributed by atoms with Gasteiger partial charge in [0.05, 0.1) is 12.1 Å². The molecule has 0 spiro atoms. The molecule has 28 heavy (non-hydrogen) atoms. The van der Waals surface area contributed by atoms with Crippen molar-refractivity contribution in [3.8, 4) is 0 Å². The van der Waals surface area contributed by atoms with E-state index in [0.717, 1.165) is 52.0 Å². The Labute approximate surface area is 166 Å². The van der Waals surface area contributed by atoms with E-state index >= 15 is 0 Å². The summed E-state index contributed by atoms with van der Waals surface area (Å²) in [4.78, 5) is 31.3. The van der Waals surface area contributed by atoms with Crippen LogP contribution in [-0.4, -0.2) is 66.6 Å². The van der Waals surface area contributed by atoms with Crippen molar-refractivity contribution in [1.82, 2.24) is 20.5 Å². The first-order chi connectivity index (χ1) is 13.5. The van der Waals surface area contributed by atoms with Crippen LogP contribution in [0.4, 0.5) is 0 Å². The van der Waals surface area contributed by atoms with Crippen molar-refractivity contribution >= 4 is 11.8 Å². The molecule has 3 heterocycles. The molecule has 8 heteroatoms. The van der Waals surface area contributed by atoms with Crippen LogP contribution in [-0.2, 0) is 9.53 Å². The Kier molecular flexibility index (Phi) is 7.44. The molecule has 0 radical (unpaired) electrons. The number of rotatable bonds is 6. The number of hydrogen-bond acceptors (Lipinski definition) is 6. The zero-order valence-electron chi connectivity index (χ0n) is 16.9. The number of nitrogens with zero attached hydrogens (tertiary/aromatic N) is 2. The minimum Gasteiger partial charge on any atom is -0.438 e. The highest BCUT2D eigenvalue weighted by Gasteiger charge is 2.33. The van der Waals surface area contributed by atoms with Gasteiger partial charge in [-0.1, -0.05) is 13.8 Å². The van der Waals surface area contributed by atoms with Crippen LogP contribution in [0.5, 0.6) is 0 Å². The van der Waals surface area contributed by atoms with Crippen molar-refractivity contribution in [3.05, 3.63) is 18.4 Å². The summed E-state index contributed by atoms with van der Waals surface area (Å²) in [5.41, 5.74) is 0. The standard InChI is InChI=1S/C20H32N4O4/c1-14(2)9-22-19(25)15-3-4-16(23-20(26)18-10-21-13-28-18)12-24(11-15)17-5-7-27-8-6-17/h10,13-17H,3-9,11-12H2,1-2H3,(H,22,25)(H,23,26)/t15-,16+/m1/s1. The van der Waals surface area contributed by atoms with Gasteiger partial charge in [-0.15, -0.1) is 0 Å². The van der Waals surface area contributed by atoms with Gasteiger partial charge in [0.1, 0.15) is 0 Å². The van der Waals surface area contributed by atoms with Crippen LogP contribution in [0.2, 0.25) is 0 Å². The number of nitrogens with one attached hydrogen (secondary N) is 2. The first-order valence-electron chi connectivity index (χ1n) is 10.3. The van der Waals surface area contributed by atoms with Crippen LogP contribution in [0, 0.1) is 11.8 Å². The summed E-state index contributed by atoms with van der Waals surface area (Å²) in [6.07, 6.45) is 6.12. The van der Waals surface area contributed by atoms with E-state index in [1.165, 1.54) is 12.6 Å². The largest absolute Gasteiger partial charge is 0.438 e. The fourth-order valence-electron chi connectivity index (χ4n) is 3.94. The molecule has 2 aliphatic rings. The van der Waals surface area contributed by atoms with E-state index in [1.54, 1.807) is 0 Å². The molecule has 0 saturated carbocycles. The predicted molar refractivity (Wildman–Crippen MR) is 104 cm³/mol. The van der Waals surface area contributed by atoms with Crippen molar-refractivity contribution < 1.29 is 18.7 Å². The first kappa shape index (κ1) is 20.8. The minimum atomic E-state index is -0.253. The smallest absolute Gasteiger partial charge is 0.288 e. The maximum absolute atomic E-state index is 12.7. The number of amides is 2.